The summed E-state index contributed by atoms with van der Waals surface area (Å²) in [6.45, 7) is 1.46. The molecule has 0 aliphatic rings. The first-order valence-electron chi connectivity index (χ1n) is 7.78. The summed E-state index contributed by atoms with van der Waals surface area (Å²) in [5.41, 5.74) is -0.0493. The van der Waals surface area contributed by atoms with Crippen LogP contribution >= 0.6 is 27.5 Å². The number of ether oxygens (including phenoxy) is 1. The summed E-state index contributed by atoms with van der Waals surface area (Å²) in [5.74, 6) is -1.20. The minimum absolute atomic E-state index is 0.0493. The van der Waals surface area contributed by atoms with Gasteiger partial charge in [0.2, 0.25) is 15.9 Å². The van der Waals surface area contributed by atoms with Gasteiger partial charge in [-0.15, -0.1) is 0 Å². The lowest BCUT2D eigenvalue weighted by Gasteiger charge is -2.19. The second-order valence-corrected chi connectivity index (χ2v) is 8.82. The van der Waals surface area contributed by atoms with Crippen molar-refractivity contribution < 1.29 is 22.3 Å². The summed E-state index contributed by atoms with van der Waals surface area (Å²) in [4.78, 5) is 12.0. The van der Waals surface area contributed by atoms with Crippen molar-refractivity contribution in [1.29, 1.82) is 0 Å². The van der Waals surface area contributed by atoms with E-state index < -0.39 is 28.3 Å². The molecule has 0 heterocycles. The number of likely N-dealkylation sites (N-methyl/N-ethyl adjacent to an activating group) is 1. The van der Waals surface area contributed by atoms with E-state index in [2.05, 4.69) is 21.2 Å². The number of anilines is 1. The van der Waals surface area contributed by atoms with E-state index in [4.69, 9.17) is 16.3 Å². The van der Waals surface area contributed by atoms with Crippen LogP contribution in [0.25, 0.3) is 0 Å². The van der Waals surface area contributed by atoms with Gasteiger partial charge in [-0.25, -0.2) is 12.8 Å². The van der Waals surface area contributed by atoms with Crippen LogP contribution in [0.1, 0.15) is 6.92 Å². The number of carbonyl (C=O) groups is 1. The van der Waals surface area contributed by atoms with Gasteiger partial charge in [0.15, 0.2) is 0 Å². The summed E-state index contributed by atoms with van der Waals surface area (Å²) < 4.78 is 46.1. The van der Waals surface area contributed by atoms with Gasteiger partial charge >= 0.3 is 0 Å². The van der Waals surface area contributed by atoms with Gasteiger partial charge in [-0.3, -0.25) is 4.79 Å². The minimum atomic E-state index is -4.06. The predicted octanol–water partition coefficient (Wildman–Crippen LogP) is 3.90. The van der Waals surface area contributed by atoms with E-state index in [1.54, 1.807) is 13.0 Å². The Morgan fingerprint density at radius 3 is 2.63 bits per heavy atom. The highest BCUT2D eigenvalue weighted by Gasteiger charge is 2.27. The fraction of sp³-hybridized carbons (Fsp3) is 0.235. The van der Waals surface area contributed by atoms with Crippen LogP contribution in [-0.2, 0) is 14.8 Å². The highest BCUT2D eigenvalue weighted by atomic mass is 79.9. The van der Waals surface area contributed by atoms with Crippen molar-refractivity contribution >= 4 is 49.1 Å². The molecule has 0 unspecified atom stereocenters. The molecule has 6 nitrogen and oxygen atoms in total. The van der Waals surface area contributed by atoms with Crippen LogP contribution in [-0.4, -0.2) is 38.8 Å². The molecule has 0 fully saturated rings. The molecule has 0 spiro atoms. The van der Waals surface area contributed by atoms with E-state index in [1.165, 1.54) is 37.4 Å². The Bertz CT molecular complexity index is 956. The molecule has 2 rings (SSSR count). The van der Waals surface area contributed by atoms with E-state index in [1.807, 2.05) is 0 Å². The first kappa shape index (κ1) is 21.6. The highest BCUT2D eigenvalue weighted by molar-refractivity contribution is 9.10. The molecule has 146 valence electrons. The average molecular weight is 480 g/mol. The smallest absolute Gasteiger partial charge is 0.247 e. The maximum absolute atomic E-state index is 13.8. The number of carbonyl (C=O) groups excluding carboxylic acids is 1. The largest absolute Gasteiger partial charge is 0.492 e. The molecule has 0 atom stereocenters. The molecule has 0 aliphatic carbocycles. The van der Waals surface area contributed by atoms with Crippen LogP contribution in [0.5, 0.6) is 5.75 Å². The number of nitrogens with one attached hydrogen (secondary N) is 1. The molecule has 0 bridgehead atoms. The van der Waals surface area contributed by atoms with E-state index in [0.29, 0.717) is 4.47 Å². The van der Waals surface area contributed by atoms with E-state index in [0.717, 1.165) is 4.31 Å². The molecule has 0 aromatic heterocycles. The Morgan fingerprint density at radius 2 is 2.00 bits per heavy atom. The van der Waals surface area contributed by atoms with Crippen LogP contribution in [0.15, 0.2) is 45.8 Å². The molecule has 1 N–H and O–H groups in total. The fourth-order valence-corrected chi connectivity index (χ4v) is 4.04. The fourth-order valence-electron chi connectivity index (χ4n) is 2.19. The number of hydrogen-bond acceptors (Lipinski definition) is 4. The quantitative estimate of drug-likeness (QED) is 0.653. The molecule has 0 radical (unpaired) electrons. The second-order valence-electron chi connectivity index (χ2n) is 5.46. The molecule has 1 amide bonds. The van der Waals surface area contributed by atoms with Crippen molar-refractivity contribution in [2.24, 2.45) is 0 Å². The summed E-state index contributed by atoms with van der Waals surface area (Å²) in [6.07, 6.45) is 0. The van der Waals surface area contributed by atoms with Gasteiger partial charge in [-0.1, -0.05) is 27.5 Å². The Labute approximate surface area is 170 Å². The first-order valence-corrected chi connectivity index (χ1v) is 10.4. The normalized spacial score (nSPS) is 11.5. The van der Waals surface area contributed by atoms with Gasteiger partial charge in [-0.2, -0.15) is 4.31 Å². The van der Waals surface area contributed by atoms with Crippen molar-refractivity contribution in [2.45, 2.75) is 11.8 Å². The minimum Gasteiger partial charge on any atom is -0.492 e. The van der Waals surface area contributed by atoms with Gasteiger partial charge in [0.25, 0.3) is 0 Å². The third-order valence-electron chi connectivity index (χ3n) is 3.47. The Balaban J connectivity index is 2.20. The summed E-state index contributed by atoms with van der Waals surface area (Å²) in [7, 11) is -2.82. The molecule has 27 heavy (non-hydrogen) atoms. The van der Waals surface area contributed by atoms with Gasteiger partial charge in [-0.05, 0) is 43.3 Å². The maximum atomic E-state index is 13.8. The molecular formula is C17H17BrClFN2O4S. The van der Waals surface area contributed by atoms with Gasteiger partial charge in [0, 0.05) is 16.5 Å². The first-order chi connectivity index (χ1) is 12.6. The van der Waals surface area contributed by atoms with Crippen molar-refractivity contribution in [3.8, 4) is 5.75 Å². The standard InChI is InChI=1S/C17H17BrClFN2O4S/c1-3-26-15-7-5-12(19)9-16(15)27(24,25)22(2)10-17(23)21-14-6-4-11(18)8-13(14)20/h4-9H,3,10H2,1-2H3,(H,21,23). The zero-order valence-corrected chi connectivity index (χ0v) is 17.7. The van der Waals surface area contributed by atoms with Crippen LogP contribution in [0, 0.1) is 5.82 Å². The summed E-state index contributed by atoms with van der Waals surface area (Å²) >= 11 is 9.02. The van der Waals surface area contributed by atoms with Crippen molar-refractivity contribution in [3.63, 3.8) is 0 Å². The number of nitrogens with zero attached hydrogens (tertiary/aromatic N) is 1. The van der Waals surface area contributed by atoms with Crippen molar-refractivity contribution in [3.05, 3.63) is 51.7 Å². The molecular weight excluding hydrogens is 463 g/mol. The lowest BCUT2D eigenvalue weighted by molar-refractivity contribution is -0.116. The zero-order valence-electron chi connectivity index (χ0n) is 14.5. The van der Waals surface area contributed by atoms with Crippen LogP contribution in [0.2, 0.25) is 5.02 Å². The van der Waals surface area contributed by atoms with Gasteiger partial charge in [0.1, 0.15) is 16.5 Å². The zero-order chi connectivity index (χ0) is 20.2. The number of rotatable bonds is 7. The monoisotopic (exact) mass is 478 g/mol. The SMILES string of the molecule is CCOc1ccc(Cl)cc1S(=O)(=O)N(C)CC(=O)Nc1ccc(Br)cc1F. The van der Waals surface area contributed by atoms with Crippen LogP contribution in [0.4, 0.5) is 10.1 Å². The topological polar surface area (TPSA) is 75.7 Å². The molecule has 0 saturated carbocycles. The summed E-state index contributed by atoms with van der Waals surface area (Å²) in [6, 6.07) is 8.33. The predicted molar refractivity (Wildman–Crippen MR) is 105 cm³/mol. The lowest BCUT2D eigenvalue weighted by atomic mass is 10.3. The molecule has 0 aliphatic heterocycles. The number of hydrogen-bond donors (Lipinski definition) is 1. The van der Waals surface area contributed by atoms with Gasteiger partial charge < -0.3 is 10.1 Å². The molecule has 2 aromatic carbocycles. The van der Waals surface area contributed by atoms with Crippen molar-refractivity contribution in [1.82, 2.24) is 4.31 Å². The van der Waals surface area contributed by atoms with E-state index in [-0.39, 0.29) is 28.0 Å². The third kappa shape index (κ3) is 5.41. The molecule has 2 aromatic rings. The Morgan fingerprint density at radius 1 is 1.30 bits per heavy atom. The van der Waals surface area contributed by atoms with E-state index >= 15 is 0 Å². The third-order valence-corrected chi connectivity index (χ3v) is 6.02. The number of benzene rings is 2. The number of amides is 1. The summed E-state index contributed by atoms with van der Waals surface area (Å²) in [5, 5.41) is 2.56. The van der Waals surface area contributed by atoms with Crippen LogP contribution in [0.3, 0.4) is 0 Å². The van der Waals surface area contributed by atoms with E-state index in [9.17, 15) is 17.6 Å². The second kappa shape index (κ2) is 9.01. The van der Waals surface area contributed by atoms with Gasteiger partial charge in [0.05, 0.1) is 18.8 Å². The number of sulfonamides is 1. The molecule has 0 saturated heterocycles. The lowest BCUT2D eigenvalue weighted by Crippen LogP contribution is -2.35. The Kier molecular flexibility index (Phi) is 7.21. The number of halogens is 3. The van der Waals surface area contributed by atoms with Crippen LogP contribution < -0.4 is 10.1 Å². The molecule has 10 heteroatoms. The Hall–Kier alpha value is -1.68. The highest BCUT2D eigenvalue weighted by Crippen LogP contribution is 2.29. The maximum Gasteiger partial charge on any atom is 0.247 e. The van der Waals surface area contributed by atoms with Crippen molar-refractivity contribution in [2.75, 3.05) is 25.5 Å². The average Bonchev–Trinajstić information content (AvgIpc) is 2.59.